The zero-order chi connectivity index (χ0) is 33.0. The van der Waals surface area contributed by atoms with Gasteiger partial charge in [-0.05, 0) is 140 Å². The largest absolute Gasteiger partial charge is 0.337 e. The van der Waals surface area contributed by atoms with Gasteiger partial charge >= 0.3 is 0 Å². The lowest BCUT2D eigenvalue weighted by Gasteiger charge is -2.33. The van der Waals surface area contributed by atoms with Crippen molar-refractivity contribution in [2.24, 2.45) is 5.92 Å². The van der Waals surface area contributed by atoms with Crippen LogP contribution in [0.4, 0.5) is 17.2 Å². The van der Waals surface area contributed by atoms with Crippen molar-refractivity contribution in [2.75, 3.05) is 9.80 Å². The van der Waals surface area contributed by atoms with Crippen LogP contribution in [0, 0.1) is 5.92 Å². The summed E-state index contributed by atoms with van der Waals surface area (Å²) in [5.41, 5.74) is 15.3. The number of rotatable bonds is 5. The molecule has 0 amide bonds. The van der Waals surface area contributed by atoms with Crippen molar-refractivity contribution < 1.29 is 0 Å². The second-order valence-corrected chi connectivity index (χ2v) is 15.0. The Morgan fingerprint density at radius 2 is 1.56 bits per heavy atom. The Morgan fingerprint density at radius 1 is 0.680 bits per heavy atom. The average molecular weight is 652 g/mol. The number of anilines is 3. The topological polar surface area (TPSA) is 19.4 Å². The van der Waals surface area contributed by atoms with Crippen molar-refractivity contribution in [1.29, 1.82) is 0 Å². The third-order valence-corrected chi connectivity index (χ3v) is 12.1. The third-order valence-electron chi connectivity index (χ3n) is 12.1. The molecule has 248 valence electrons. The molecule has 0 bridgehead atoms. The summed E-state index contributed by atoms with van der Waals surface area (Å²) in [4.78, 5) is 10.7. The molecule has 10 rings (SSSR count). The van der Waals surface area contributed by atoms with Crippen LogP contribution in [-0.2, 0) is 0 Å². The minimum atomic E-state index is 0.206. The Hall–Kier alpha value is -4.89. The Morgan fingerprint density at radius 3 is 2.44 bits per heavy atom. The molecule has 0 radical (unpaired) electrons. The molecule has 2 aromatic carbocycles. The zero-order valence-electron chi connectivity index (χ0n) is 28.8. The Bertz CT molecular complexity index is 2100. The molecule has 3 nitrogen and oxygen atoms in total. The van der Waals surface area contributed by atoms with Crippen LogP contribution >= 0.6 is 0 Å². The Labute approximate surface area is 297 Å². The van der Waals surface area contributed by atoms with Crippen molar-refractivity contribution in [1.82, 2.24) is 4.98 Å². The molecular formula is C47H45N3. The van der Waals surface area contributed by atoms with Crippen LogP contribution in [0.1, 0.15) is 92.5 Å². The molecule has 3 aromatic rings. The van der Waals surface area contributed by atoms with E-state index in [-0.39, 0.29) is 12.0 Å². The number of fused-ring (bicyclic) bond motifs is 5. The number of hydrogen-bond donors (Lipinski definition) is 0. The van der Waals surface area contributed by atoms with E-state index in [1.807, 2.05) is 0 Å². The van der Waals surface area contributed by atoms with Gasteiger partial charge in [-0.25, -0.2) is 4.98 Å². The molecule has 0 saturated carbocycles. The maximum Gasteiger partial charge on any atom is 0.134 e. The first-order valence-electron chi connectivity index (χ1n) is 19.1. The average Bonchev–Trinajstić information content (AvgIpc) is 3.71. The standard InChI is InChI=1S/C47H45N3/c1-4-15-32(16-5-1)35-30-41(33-17-6-2-7-18-33)48-46(31-35)50-42-24-12-10-21-38(42)40-29-34(27-28-44(40)50)37-23-14-26-45-47(37)39-22-11-13-25-43(39)49(45)36-19-8-3-9-20-36/h3,6,8-10,12,14-15,17-21,23-24,26-31,38,42,45,47H,1-2,4-5,7,11,13,16,22,25H2. The van der Waals surface area contributed by atoms with Crippen LogP contribution in [0.3, 0.4) is 0 Å². The maximum atomic E-state index is 5.45. The first-order valence-corrected chi connectivity index (χ1v) is 19.1. The van der Waals surface area contributed by atoms with Gasteiger partial charge in [-0.2, -0.15) is 0 Å². The van der Waals surface area contributed by atoms with Gasteiger partial charge in [-0.3, -0.25) is 0 Å². The smallest absolute Gasteiger partial charge is 0.134 e. The van der Waals surface area contributed by atoms with Gasteiger partial charge in [0.25, 0.3) is 0 Å². The van der Waals surface area contributed by atoms with Crippen LogP contribution < -0.4 is 9.80 Å². The Balaban J connectivity index is 1.07. The van der Waals surface area contributed by atoms with E-state index in [1.54, 1.807) is 11.3 Å². The second kappa shape index (κ2) is 12.5. The summed E-state index contributed by atoms with van der Waals surface area (Å²) in [6.45, 7) is 0. The first kappa shape index (κ1) is 30.0. The lowest BCUT2D eigenvalue weighted by Crippen LogP contribution is -2.34. The van der Waals surface area contributed by atoms with Crippen molar-refractivity contribution in [3.8, 4) is 0 Å². The summed E-state index contributed by atoms with van der Waals surface area (Å²) in [5.74, 6) is 1.75. The number of aromatic nitrogens is 1. The maximum absolute atomic E-state index is 5.45. The fraction of sp³-hybridized carbons (Fsp3) is 0.298. The summed E-state index contributed by atoms with van der Waals surface area (Å²) in [7, 11) is 0. The number of nitrogens with zero attached hydrogens (tertiary/aromatic N) is 3. The van der Waals surface area contributed by atoms with Crippen molar-refractivity contribution in [3.05, 3.63) is 161 Å². The molecule has 2 aliphatic heterocycles. The minimum Gasteiger partial charge on any atom is -0.337 e. The summed E-state index contributed by atoms with van der Waals surface area (Å²) in [6.07, 6.45) is 37.9. The quantitative estimate of drug-likeness (QED) is 0.274. The third kappa shape index (κ3) is 4.96. The molecule has 50 heavy (non-hydrogen) atoms. The fourth-order valence-corrected chi connectivity index (χ4v) is 9.86. The molecule has 1 aromatic heterocycles. The lowest BCUT2D eigenvalue weighted by molar-refractivity contribution is 0.643. The normalized spacial score (nSPS) is 26.3. The SMILES string of the molecule is C1=CC2c3cc(C4=CC=CC5C4C4=C(CCCC4)N5c4ccccc4)ccc3N(c3cc(C4=CCCCC4)cc(C4=CCCC=C4)n3)C2C=C1. The highest BCUT2D eigenvalue weighted by Gasteiger charge is 2.44. The van der Waals surface area contributed by atoms with E-state index in [4.69, 9.17) is 4.98 Å². The van der Waals surface area contributed by atoms with Gasteiger partial charge < -0.3 is 9.80 Å². The summed E-state index contributed by atoms with van der Waals surface area (Å²) >= 11 is 0. The van der Waals surface area contributed by atoms with E-state index >= 15 is 0 Å². The molecular weight excluding hydrogens is 607 g/mol. The van der Waals surface area contributed by atoms with Crippen molar-refractivity contribution >= 4 is 33.9 Å². The van der Waals surface area contributed by atoms with Crippen molar-refractivity contribution in [2.45, 2.75) is 82.2 Å². The highest BCUT2D eigenvalue weighted by molar-refractivity contribution is 5.84. The van der Waals surface area contributed by atoms with Crippen molar-refractivity contribution in [3.63, 3.8) is 0 Å². The molecule has 0 N–H and O–H groups in total. The highest BCUT2D eigenvalue weighted by atomic mass is 15.2. The van der Waals surface area contributed by atoms with E-state index in [2.05, 4.69) is 137 Å². The van der Waals surface area contributed by atoms with Gasteiger partial charge in [-0.15, -0.1) is 0 Å². The molecule has 3 heteroatoms. The van der Waals surface area contributed by atoms with Crippen LogP contribution in [0.25, 0.3) is 16.7 Å². The van der Waals surface area contributed by atoms with E-state index in [0.717, 1.165) is 30.8 Å². The van der Waals surface area contributed by atoms with E-state index in [1.165, 1.54) is 89.7 Å². The molecule has 0 spiro atoms. The lowest BCUT2D eigenvalue weighted by atomic mass is 9.77. The van der Waals surface area contributed by atoms with Crippen LogP contribution in [-0.4, -0.2) is 17.1 Å². The minimum absolute atomic E-state index is 0.206. The molecule has 4 unspecified atom stereocenters. The monoisotopic (exact) mass is 651 g/mol. The first-order chi connectivity index (χ1) is 24.8. The zero-order valence-corrected chi connectivity index (χ0v) is 28.8. The fourth-order valence-electron chi connectivity index (χ4n) is 9.86. The summed E-state index contributed by atoms with van der Waals surface area (Å²) in [6, 6.07) is 23.7. The number of allylic oxidation sites excluding steroid dienone is 11. The number of benzene rings is 2. The predicted molar refractivity (Wildman–Crippen MR) is 209 cm³/mol. The van der Waals surface area contributed by atoms with Crippen LogP contribution in [0.5, 0.6) is 0 Å². The molecule has 7 aliphatic rings. The van der Waals surface area contributed by atoms with Crippen LogP contribution in [0.15, 0.2) is 139 Å². The van der Waals surface area contributed by atoms with E-state index < -0.39 is 0 Å². The van der Waals surface area contributed by atoms with Crippen LogP contribution in [0.2, 0.25) is 0 Å². The molecule has 0 fully saturated rings. The van der Waals surface area contributed by atoms with Gasteiger partial charge in [-0.1, -0.05) is 91.1 Å². The number of pyridine rings is 1. The van der Waals surface area contributed by atoms with E-state index in [0.29, 0.717) is 12.0 Å². The molecule has 0 saturated heterocycles. The summed E-state index contributed by atoms with van der Waals surface area (Å²) < 4.78 is 0. The van der Waals surface area contributed by atoms with Gasteiger partial charge in [0, 0.05) is 28.9 Å². The summed E-state index contributed by atoms with van der Waals surface area (Å²) in [5, 5.41) is 0. The molecule has 5 aliphatic carbocycles. The molecule has 4 atom stereocenters. The number of hydrogen-bond acceptors (Lipinski definition) is 3. The van der Waals surface area contributed by atoms with Gasteiger partial charge in [0.1, 0.15) is 5.82 Å². The Kier molecular flexibility index (Phi) is 7.47. The van der Waals surface area contributed by atoms with E-state index in [9.17, 15) is 0 Å². The van der Waals surface area contributed by atoms with Gasteiger partial charge in [0.15, 0.2) is 0 Å². The highest BCUT2D eigenvalue weighted by Crippen LogP contribution is 2.53. The van der Waals surface area contributed by atoms with Gasteiger partial charge in [0.2, 0.25) is 0 Å². The molecule has 3 heterocycles. The van der Waals surface area contributed by atoms with Gasteiger partial charge in [0.05, 0.1) is 17.8 Å². The predicted octanol–water partition coefficient (Wildman–Crippen LogP) is 11.8. The second-order valence-electron chi connectivity index (χ2n) is 15.0. The number of para-hydroxylation sites is 1.